The first-order chi connectivity index (χ1) is 13.7. The number of hydrogen-bond acceptors (Lipinski definition) is 5. The van der Waals surface area contributed by atoms with E-state index in [4.69, 9.17) is 14.2 Å². The van der Waals surface area contributed by atoms with Gasteiger partial charge in [-0.15, -0.1) is 0 Å². The van der Waals surface area contributed by atoms with Gasteiger partial charge in [0.1, 0.15) is 11.3 Å². The summed E-state index contributed by atoms with van der Waals surface area (Å²) in [5.41, 5.74) is 1.82. The summed E-state index contributed by atoms with van der Waals surface area (Å²) in [6, 6.07) is 11.7. The van der Waals surface area contributed by atoms with Crippen molar-refractivity contribution in [3.8, 4) is 11.8 Å². The van der Waals surface area contributed by atoms with E-state index in [2.05, 4.69) is 15.0 Å². The highest BCUT2D eigenvalue weighted by atomic mass is 16.5. The highest BCUT2D eigenvalue weighted by Crippen LogP contribution is 2.16. The number of aryl methyl sites for hydroxylation is 1. The maximum atomic E-state index is 5.02. The third kappa shape index (κ3) is 5.01. The molecule has 0 amide bonds. The molecule has 4 aromatic heterocycles. The van der Waals surface area contributed by atoms with Crippen LogP contribution in [-0.2, 0) is 11.8 Å². The van der Waals surface area contributed by atoms with E-state index in [1.165, 1.54) is 12.8 Å². The van der Waals surface area contributed by atoms with Crippen LogP contribution in [-0.4, -0.2) is 47.0 Å². The molecule has 0 aromatic carbocycles. The zero-order valence-corrected chi connectivity index (χ0v) is 16.5. The van der Waals surface area contributed by atoms with Gasteiger partial charge in [-0.25, -0.2) is 0 Å². The first kappa shape index (κ1) is 19.7. The Morgan fingerprint density at radius 2 is 1.57 bits per heavy atom. The largest absolute Gasteiger partial charge is 0.481 e. The lowest BCUT2D eigenvalue weighted by Gasteiger charge is -1.99. The number of nitrogens with one attached hydrogen (secondary N) is 1. The second kappa shape index (κ2) is 9.75. The topological polar surface area (TPSA) is 74.2 Å². The predicted molar refractivity (Wildman–Crippen MR) is 110 cm³/mol. The first-order valence-electron chi connectivity index (χ1n) is 9.23. The van der Waals surface area contributed by atoms with E-state index in [1.807, 2.05) is 60.4 Å². The molecule has 1 aliphatic rings. The number of fused-ring (bicyclic) bond motifs is 2. The fourth-order valence-corrected chi connectivity index (χ4v) is 2.77. The van der Waals surface area contributed by atoms with E-state index < -0.39 is 0 Å². The third-order valence-electron chi connectivity index (χ3n) is 4.32. The number of methoxy groups -OCH3 is 2. The first-order valence-corrected chi connectivity index (χ1v) is 9.23. The normalized spacial score (nSPS) is 12.8. The molecule has 5 rings (SSSR count). The number of ether oxygens (including phenoxy) is 3. The molecule has 1 aliphatic heterocycles. The van der Waals surface area contributed by atoms with E-state index >= 15 is 0 Å². The molecule has 148 valence electrons. The number of hydrogen-bond donors (Lipinski definition) is 1. The van der Waals surface area contributed by atoms with Gasteiger partial charge in [-0.3, -0.25) is 0 Å². The van der Waals surface area contributed by atoms with Gasteiger partial charge in [-0.05, 0) is 37.1 Å². The maximum absolute atomic E-state index is 5.02. The number of aromatic amines is 1. The molecule has 7 nitrogen and oxygen atoms in total. The van der Waals surface area contributed by atoms with Gasteiger partial charge < -0.3 is 23.8 Å². The van der Waals surface area contributed by atoms with Crippen LogP contribution in [0, 0.1) is 0 Å². The van der Waals surface area contributed by atoms with Crippen molar-refractivity contribution in [3.63, 3.8) is 0 Å². The summed E-state index contributed by atoms with van der Waals surface area (Å²) < 4.78 is 16.9. The smallest absolute Gasteiger partial charge is 0.214 e. The molecule has 0 saturated carbocycles. The number of rotatable bonds is 2. The SMILES string of the molecule is C1CCOC1.COc1ccc2cc[nH]c2n1.COc1ccc2ccn(C)c2n1. The van der Waals surface area contributed by atoms with Crippen LogP contribution in [0.25, 0.3) is 22.1 Å². The van der Waals surface area contributed by atoms with Crippen molar-refractivity contribution in [3.05, 3.63) is 48.8 Å². The fraction of sp³-hybridized carbons (Fsp3) is 0.333. The molecule has 0 bridgehead atoms. The summed E-state index contributed by atoms with van der Waals surface area (Å²) in [6.07, 6.45) is 6.40. The lowest BCUT2D eigenvalue weighted by molar-refractivity contribution is 0.198. The van der Waals surface area contributed by atoms with Gasteiger partial charge in [0.05, 0.1) is 14.2 Å². The summed E-state index contributed by atoms with van der Waals surface area (Å²) in [4.78, 5) is 11.5. The summed E-state index contributed by atoms with van der Waals surface area (Å²) in [6.45, 7) is 2.00. The van der Waals surface area contributed by atoms with Gasteiger partial charge >= 0.3 is 0 Å². The van der Waals surface area contributed by atoms with Crippen molar-refractivity contribution < 1.29 is 14.2 Å². The second-order valence-corrected chi connectivity index (χ2v) is 6.28. The van der Waals surface area contributed by atoms with E-state index in [0.29, 0.717) is 11.8 Å². The quantitative estimate of drug-likeness (QED) is 0.568. The number of aromatic nitrogens is 4. The number of pyridine rings is 2. The summed E-state index contributed by atoms with van der Waals surface area (Å²) in [5, 5.41) is 2.24. The van der Waals surface area contributed by atoms with E-state index in [1.54, 1.807) is 14.2 Å². The fourth-order valence-electron chi connectivity index (χ4n) is 2.77. The van der Waals surface area contributed by atoms with Crippen LogP contribution in [0.4, 0.5) is 0 Å². The summed E-state index contributed by atoms with van der Waals surface area (Å²) >= 11 is 0. The molecule has 4 aromatic rings. The van der Waals surface area contributed by atoms with Crippen LogP contribution in [0.5, 0.6) is 11.8 Å². The van der Waals surface area contributed by atoms with Crippen LogP contribution in [0.1, 0.15) is 12.8 Å². The Morgan fingerprint density at radius 3 is 2.21 bits per heavy atom. The van der Waals surface area contributed by atoms with Crippen molar-refractivity contribution in [1.29, 1.82) is 0 Å². The average molecular weight is 382 g/mol. The van der Waals surface area contributed by atoms with Crippen LogP contribution >= 0.6 is 0 Å². The average Bonchev–Trinajstić information content (AvgIpc) is 3.51. The lowest BCUT2D eigenvalue weighted by Crippen LogP contribution is -1.91. The van der Waals surface area contributed by atoms with Crippen molar-refractivity contribution in [2.75, 3.05) is 27.4 Å². The van der Waals surface area contributed by atoms with E-state index in [9.17, 15) is 0 Å². The molecule has 1 saturated heterocycles. The minimum absolute atomic E-state index is 0.639. The monoisotopic (exact) mass is 382 g/mol. The molecule has 0 aliphatic carbocycles. The van der Waals surface area contributed by atoms with Crippen molar-refractivity contribution in [2.24, 2.45) is 7.05 Å². The molecule has 7 heteroatoms. The van der Waals surface area contributed by atoms with Crippen molar-refractivity contribution in [1.82, 2.24) is 19.5 Å². The van der Waals surface area contributed by atoms with Gasteiger partial charge in [-0.2, -0.15) is 9.97 Å². The lowest BCUT2D eigenvalue weighted by atomic mass is 10.3. The molecule has 1 fully saturated rings. The van der Waals surface area contributed by atoms with Crippen LogP contribution in [0.15, 0.2) is 48.8 Å². The Kier molecular flexibility index (Phi) is 6.86. The summed E-state index contributed by atoms with van der Waals surface area (Å²) in [7, 11) is 5.20. The molecule has 0 unspecified atom stereocenters. The van der Waals surface area contributed by atoms with Gasteiger partial charge in [0, 0.05) is 55.6 Å². The Labute approximate surface area is 164 Å². The van der Waals surface area contributed by atoms with Crippen LogP contribution in [0.2, 0.25) is 0 Å². The highest BCUT2D eigenvalue weighted by molar-refractivity contribution is 5.76. The van der Waals surface area contributed by atoms with E-state index in [-0.39, 0.29) is 0 Å². The molecule has 28 heavy (non-hydrogen) atoms. The number of H-pyrrole nitrogens is 1. The molecule has 5 heterocycles. The molecule has 0 radical (unpaired) electrons. The molecule has 0 atom stereocenters. The standard InChI is InChI=1S/C9H10N2O.C8H8N2O.C4H8O/c1-11-6-5-7-3-4-8(12-2)10-9(7)11;1-11-7-3-2-6-4-5-9-8(6)10-7;1-2-4-5-3-1/h3-6H,1-2H3;2-5H,1H3,(H,9,10);1-4H2. The Morgan fingerprint density at radius 1 is 0.893 bits per heavy atom. The molecular weight excluding hydrogens is 356 g/mol. The highest BCUT2D eigenvalue weighted by Gasteiger charge is 2.00. The third-order valence-corrected chi connectivity index (χ3v) is 4.32. The zero-order valence-electron chi connectivity index (χ0n) is 16.5. The predicted octanol–water partition coefficient (Wildman–Crippen LogP) is 3.95. The van der Waals surface area contributed by atoms with Crippen LogP contribution in [0.3, 0.4) is 0 Å². The zero-order chi connectivity index (χ0) is 19.8. The van der Waals surface area contributed by atoms with E-state index in [0.717, 1.165) is 35.3 Å². The Bertz CT molecular complexity index is 998. The van der Waals surface area contributed by atoms with Gasteiger partial charge in [0.15, 0.2) is 0 Å². The van der Waals surface area contributed by atoms with Gasteiger partial charge in [0.25, 0.3) is 0 Å². The van der Waals surface area contributed by atoms with Crippen molar-refractivity contribution >= 4 is 22.1 Å². The molecule has 0 spiro atoms. The van der Waals surface area contributed by atoms with Gasteiger partial charge in [0.2, 0.25) is 11.8 Å². The van der Waals surface area contributed by atoms with Crippen molar-refractivity contribution in [2.45, 2.75) is 12.8 Å². The minimum atomic E-state index is 0.639. The second-order valence-electron chi connectivity index (χ2n) is 6.28. The number of nitrogens with zero attached hydrogens (tertiary/aromatic N) is 3. The van der Waals surface area contributed by atoms with Gasteiger partial charge in [-0.1, -0.05) is 0 Å². The molecular formula is C21H26N4O3. The Hall–Kier alpha value is -3.06. The van der Waals surface area contributed by atoms with Crippen LogP contribution < -0.4 is 9.47 Å². The maximum Gasteiger partial charge on any atom is 0.214 e. The Balaban J connectivity index is 0.000000130. The molecule has 1 N–H and O–H groups in total. The minimum Gasteiger partial charge on any atom is -0.481 e. The summed E-state index contributed by atoms with van der Waals surface area (Å²) in [5.74, 6) is 1.30.